The van der Waals surface area contributed by atoms with Gasteiger partial charge in [-0.15, -0.1) is 0 Å². The molecule has 4 rings (SSSR count). The number of ether oxygens (including phenoxy) is 2. The number of urea groups is 1. The lowest BCUT2D eigenvalue weighted by molar-refractivity contribution is -0.134. The normalized spacial score (nSPS) is 15.0. The summed E-state index contributed by atoms with van der Waals surface area (Å²) in [4.78, 5) is 54.8. The standard InChI is InChI=1S/C32H36N4O6/c1-5-22-12-6-8-15-26(22)35-20-23(36(30(33)39)27-16-9-7-14-25(27)29(35)38)18-28(37)41-24-13-10-11-21(17-24)19-34-31(40)42-32(2,3)4/h6-17,23H,5,18-20H2,1-4H3,(H2,33,39)(H,34,40). The van der Waals surface area contributed by atoms with Gasteiger partial charge in [0.25, 0.3) is 5.91 Å². The van der Waals surface area contributed by atoms with E-state index in [1.165, 1.54) is 4.90 Å². The highest BCUT2D eigenvalue weighted by Crippen LogP contribution is 2.33. The Bertz CT molecular complexity index is 1480. The number of nitrogens with one attached hydrogen (secondary N) is 1. The quantitative estimate of drug-likeness (QED) is 0.296. The van der Waals surface area contributed by atoms with Crippen molar-refractivity contribution in [3.63, 3.8) is 0 Å². The number of rotatable bonds is 7. The van der Waals surface area contributed by atoms with Crippen LogP contribution in [0, 0.1) is 0 Å². The molecule has 3 aromatic carbocycles. The molecule has 42 heavy (non-hydrogen) atoms. The summed E-state index contributed by atoms with van der Waals surface area (Å²) in [5.41, 5.74) is 8.20. The molecule has 10 nitrogen and oxygen atoms in total. The second kappa shape index (κ2) is 12.8. The number of primary amides is 1. The van der Waals surface area contributed by atoms with E-state index < -0.39 is 29.7 Å². The van der Waals surface area contributed by atoms with Crippen molar-refractivity contribution in [2.45, 2.75) is 58.7 Å². The van der Waals surface area contributed by atoms with Gasteiger partial charge >= 0.3 is 18.1 Å². The molecule has 1 atom stereocenters. The predicted molar refractivity (Wildman–Crippen MR) is 160 cm³/mol. The van der Waals surface area contributed by atoms with Crippen molar-refractivity contribution in [2.24, 2.45) is 5.73 Å². The third-order valence-corrected chi connectivity index (χ3v) is 6.67. The molecule has 0 saturated carbocycles. The van der Waals surface area contributed by atoms with Gasteiger partial charge in [0.1, 0.15) is 11.4 Å². The molecule has 0 spiro atoms. The molecule has 3 aromatic rings. The first-order valence-corrected chi connectivity index (χ1v) is 13.8. The SMILES string of the molecule is CCc1ccccc1N1CC(CC(=O)Oc2cccc(CNC(=O)OC(C)(C)C)c2)N(C(N)=O)c2ccccc2C1=O. The Morgan fingerprint density at radius 1 is 0.976 bits per heavy atom. The van der Waals surface area contributed by atoms with E-state index >= 15 is 0 Å². The predicted octanol–water partition coefficient (Wildman–Crippen LogP) is 5.18. The molecule has 1 aliphatic heterocycles. The van der Waals surface area contributed by atoms with Gasteiger partial charge in [0, 0.05) is 18.8 Å². The van der Waals surface area contributed by atoms with Crippen LogP contribution in [0.5, 0.6) is 5.75 Å². The Hall–Kier alpha value is -4.86. The average Bonchev–Trinajstić information content (AvgIpc) is 3.05. The van der Waals surface area contributed by atoms with Gasteiger partial charge < -0.3 is 25.4 Å². The minimum atomic E-state index is -0.801. The van der Waals surface area contributed by atoms with Crippen LogP contribution >= 0.6 is 0 Å². The molecule has 0 bridgehead atoms. The maximum absolute atomic E-state index is 13.8. The number of fused-ring (bicyclic) bond motifs is 1. The number of carbonyl (C=O) groups is 4. The van der Waals surface area contributed by atoms with Crippen molar-refractivity contribution < 1.29 is 28.7 Å². The number of hydrogen-bond donors (Lipinski definition) is 2. The zero-order valence-electron chi connectivity index (χ0n) is 24.3. The largest absolute Gasteiger partial charge is 0.444 e. The van der Waals surface area contributed by atoms with E-state index in [4.69, 9.17) is 15.2 Å². The van der Waals surface area contributed by atoms with E-state index in [-0.39, 0.29) is 31.2 Å². The number of nitrogens with two attached hydrogens (primary N) is 1. The lowest BCUT2D eigenvalue weighted by Crippen LogP contribution is -2.49. The lowest BCUT2D eigenvalue weighted by atomic mass is 10.1. The van der Waals surface area contributed by atoms with Crippen molar-refractivity contribution in [1.82, 2.24) is 5.32 Å². The maximum Gasteiger partial charge on any atom is 0.407 e. The lowest BCUT2D eigenvalue weighted by Gasteiger charge is -2.31. The zero-order valence-corrected chi connectivity index (χ0v) is 24.3. The Labute approximate surface area is 245 Å². The summed E-state index contributed by atoms with van der Waals surface area (Å²) in [6, 6.07) is 19.4. The van der Waals surface area contributed by atoms with Gasteiger partial charge in [0.05, 0.1) is 23.7 Å². The van der Waals surface area contributed by atoms with Crippen LogP contribution in [-0.4, -0.2) is 42.2 Å². The van der Waals surface area contributed by atoms with Gasteiger partial charge in [-0.05, 0) is 68.7 Å². The smallest absolute Gasteiger partial charge is 0.407 e. The first-order chi connectivity index (χ1) is 20.0. The van der Waals surface area contributed by atoms with Crippen LogP contribution in [0.25, 0.3) is 0 Å². The van der Waals surface area contributed by atoms with Crippen molar-refractivity contribution in [2.75, 3.05) is 16.3 Å². The highest BCUT2D eigenvalue weighted by molar-refractivity contribution is 6.13. The summed E-state index contributed by atoms with van der Waals surface area (Å²) in [6.45, 7) is 7.52. The van der Waals surface area contributed by atoms with Crippen LogP contribution in [0.3, 0.4) is 0 Å². The number of amides is 4. The molecule has 10 heteroatoms. The molecule has 4 amide bonds. The van der Waals surface area contributed by atoms with Crippen LogP contribution in [0.4, 0.5) is 21.0 Å². The van der Waals surface area contributed by atoms with Crippen LogP contribution in [0.2, 0.25) is 0 Å². The fourth-order valence-electron chi connectivity index (χ4n) is 4.89. The summed E-state index contributed by atoms with van der Waals surface area (Å²) in [7, 11) is 0. The summed E-state index contributed by atoms with van der Waals surface area (Å²) >= 11 is 0. The monoisotopic (exact) mass is 572 g/mol. The number of nitrogens with zero attached hydrogens (tertiary/aromatic N) is 2. The van der Waals surface area contributed by atoms with Gasteiger partial charge in [-0.2, -0.15) is 0 Å². The van der Waals surface area contributed by atoms with Gasteiger partial charge in [-0.3, -0.25) is 14.5 Å². The molecule has 3 N–H and O–H groups in total. The summed E-state index contributed by atoms with van der Waals surface area (Å²) in [5, 5.41) is 2.67. The number of anilines is 2. The Morgan fingerprint density at radius 2 is 1.67 bits per heavy atom. The molecule has 0 fully saturated rings. The third kappa shape index (κ3) is 7.25. The molecule has 220 valence electrons. The van der Waals surface area contributed by atoms with E-state index in [0.717, 1.165) is 5.56 Å². The molecule has 1 aliphatic rings. The number of esters is 1. The highest BCUT2D eigenvalue weighted by atomic mass is 16.6. The van der Waals surface area contributed by atoms with E-state index in [0.29, 0.717) is 28.9 Å². The number of benzene rings is 3. The van der Waals surface area contributed by atoms with Crippen LogP contribution < -0.4 is 25.6 Å². The first kappa shape index (κ1) is 30.1. The van der Waals surface area contributed by atoms with Gasteiger partial charge in [0.2, 0.25) is 0 Å². The molecular weight excluding hydrogens is 536 g/mol. The molecule has 1 unspecified atom stereocenters. The number of para-hydroxylation sites is 2. The first-order valence-electron chi connectivity index (χ1n) is 13.8. The van der Waals surface area contributed by atoms with Crippen molar-refractivity contribution in [3.8, 4) is 5.75 Å². The molecule has 0 radical (unpaired) electrons. The van der Waals surface area contributed by atoms with Crippen LogP contribution in [-0.2, 0) is 22.5 Å². The van der Waals surface area contributed by atoms with E-state index in [9.17, 15) is 19.2 Å². The number of carbonyl (C=O) groups excluding carboxylic acids is 4. The zero-order chi connectivity index (χ0) is 30.4. The minimum absolute atomic E-state index is 0.0302. The molecular formula is C32H36N4O6. The van der Waals surface area contributed by atoms with Gasteiger partial charge in [-0.25, -0.2) is 9.59 Å². The minimum Gasteiger partial charge on any atom is -0.444 e. The molecule has 1 heterocycles. The van der Waals surface area contributed by atoms with Crippen molar-refractivity contribution in [3.05, 3.63) is 89.5 Å². The number of alkyl carbamates (subject to hydrolysis) is 1. The second-order valence-electron chi connectivity index (χ2n) is 11.0. The average molecular weight is 573 g/mol. The Kier molecular flexibility index (Phi) is 9.15. The highest BCUT2D eigenvalue weighted by Gasteiger charge is 2.37. The molecule has 0 aliphatic carbocycles. The van der Waals surface area contributed by atoms with E-state index in [1.54, 1.807) is 74.2 Å². The molecule has 0 aromatic heterocycles. The fraction of sp³-hybridized carbons (Fsp3) is 0.312. The second-order valence-corrected chi connectivity index (χ2v) is 11.0. The van der Waals surface area contributed by atoms with Crippen LogP contribution in [0.1, 0.15) is 55.6 Å². The Balaban J connectivity index is 1.57. The van der Waals surface area contributed by atoms with E-state index in [1.807, 2.05) is 31.2 Å². The number of hydrogen-bond acceptors (Lipinski definition) is 6. The third-order valence-electron chi connectivity index (χ3n) is 6.67. The summed E-state index contributed by atoms with van der Waals surface area (Å²) in [6.07, 6.45) is -0.100. The number of aryl methyl sites for hydroxylation is 1. The van der Waals surface area contributed by atoms with Crippen LogP contribution in [0.15, 0.2) is 72.8 Å². The van der Waals surface area contributed by atoms with Crippen molar-refractivity contribution >= 4 is 35.4 Å². The van der Waals surface area contributed by atoms with Gasteiger partial charge in [0.15, 0.2) is 0 Å². The van der Waals surface area contributed by atoms with Crippen molar-refractivity contribution in [1.29, 1.82) is 0 Å². The Morgan fingerprint density at radius 3 is 2.36 bits per heavy atom. The van der Waals surface area contributed by atoms with E-state index in [2.05, 4.69) is 5.32 Å². The summed E-state index contributed by atoms with van der Waals surface area (Å²) < 4.78 is 10.9. The summed E-state index contributed by atoms with van der Waals surface area (Å²) in [5.74, 6) is -0.634. The topological polar surface area (TPSA) is 131 Å². The fourth-order valence-corrected chi connectivity index (χ4v) is 4.89. The van der Waals surface area contributed by atoms with Gasteiger partial charge in [-0.1, -0.05) is 49.4 Å². The molecule has 0 saturated heterocycles. The maximum atomic E-state index is 13.8.